The van der Waals surface area contributed by atoms with E-state index in [2.05, 4.69) is 4.90 Å². The highest BCUT2D eigenvalue weighted by molar-refractivity contribution is 5.47. The molecule has 0 amide bonds. The smallest absolute Gasteiger partial charge is 0.231 e. The molecular formula is C22H23F2NO4. The first kappa shape index (κ1) is 18.6. The second-order valence-corrected chi connectivity index (χ2v) is 8.14. The Morgan fingerprint density at radius 2 is 1.83 bits per heavy atom. The topological polar surface area (TPSA) is 51.2 Å². The zero-order valence-corrected chi connectivity index (χ0v) is 15.9. The number of likely N-dealkylation sites (tertiary alicyclic amines) is 1. The quantitative estimate of drug-likeness (QED) is 0.849. The molecule has 3 aliphatic rings. The zero-order valence-electron chi connectivity index (χ0n) is 15.9. The minimum absolute atomic E-state index is 0.205. The van der Waals surface area contributed by atoms with Crippen molar-refractivity contribution in [3.63, 3.8) is 0 Å². The lowest BCUT2D eigenvalue weighted by Gasteiger charge is -2.35. The summed E-state index contributed by atoms with van der Waals surface area (Å²) in [7, 11) is 0. The first-order valence-electron chi connectivity index (χ1n) is 9.96. The van der Waals surface area contributed by atoms with E-state index in [1.807, 2.05) is 6.07 Å². The van der Waals surface area contributed by atoms with Gasteiger partial charge in [0, 0.05) is 31.3 Å². The molecule has 0 bridgehead atoms. The fourth-order valence-corrected chi connectivity index (χ4v) is 4.78. The lowest BCUT2D eigenvalue weighted by Crippen LogP contribution is -2.42. The number of fused-ring (bicyclic) bond motifs is 2. The van der Waals surface area contributed by atoms with Crippen LogP contribution in [0.5, 0.6) is 17.2 Å². The van der Waals surface area contributed by atoms with Gasteiger partial charge < -0.3 is 19.3 Å². The number of benzene rings is 2. The molecule has 0 unspecified atom stereocenters. The summed E-state index contributed by atoms with van der Waals surface area (Å²) in [5, 5.41) is 10.6. The van der Waals surface area contributed by atoms with Crippen LogP contribution in [0.15, 0.2) is 36.4 Å². The Balaban J connectivity index is 1.23. The molecule has 1 saturated carbocycles. The van der Waals surface area contributed by atoms with Crippen molar-refractivity contribution >= 4 is 0 Å². The van der Waals surface area contributed by atoms with E-state index in [4.69, 9.17) is 14.2 Å². The molecule has 1 aliphatic carbocycles. The van der Waals surface area contributed by atoms with Crippen molar-refractivity contribution in [1.29, 1.82) is 0 Å². The minimum Gasteiger partial charge on any atom is -0.488 e. The molecule has 7 heteroatoms. The summed E-state index contributed by atoms with van der Waals surface area (Å²) < 4.78 is 44.3. The van der Waals surface area contributed by atoms with Gasteiger partial charge in [-0.3, -0.25) is 4.90 Å². The van der Waals surface area contributed by atoms with E-state index in [1.54, 1.807) is 18.2 Å². The number of hydrogen-bond donors (Lipinski definition) is 1. The summed E-state index contributed by atoms with van der Waals surface area (Å²) in [6, 6.07) is 9.71. The van der Waals surface area contributed by atoms with Gasteiger partial charge in [-0.2, -0.15) is 0 Å². The third-order valence-electron chi connectivity index (χ3n) is 6.22. The summed E-state index contributed by atoms with van der Waals surface area (Å²) in [4.78, 5) is 2.14. The van der Waals surface area contributed by atoms with Crippen LogP contribution in [-0.2, 0) is 6.54 Å². The zero-order chi connectivity index (χ0) is 20.0. The maximum atomic E-state index is 14.0. The Morgan fingerprint density at radius 1 is 1.03 bits per heavy atom. The van der Waals surface area contributed by atoms with E-state index in [0.29, 0.717) is 47.6 Å². The van der Waals surface area contributed by atoms with Crippen molar-refractivity contribution in [1.82, 2.24) is 4.90 Å². The highest BCUT2D eigenvalue weighted by Gasteiger charge is 2.42. The Morgan fingerprint density at radius 3 is 2.69 bits per heavy atom. The highest BCUT2D eigenvalue weighted by atomic mass is 19.2. The Kier molecular flexibility index (Phi) is 4.80. The molecule has 1 saturated heterocycles. The van der Waals surface area contributed by atoms with Crippen LogP contribution in [0.4, 0.5) is 8.78 Å². The molecule has 5 nitrogen and oxygen atoms in total. The van der Waals surface area contributed by atoms with Gasteiger partial charge in [0.2, 0.25) is 6.79 Å². The molecule has 0 aromatic heterocycles. The van der Waals surface area contributed by atoms with Crippen LogP contribution in [0.1, 0.15) is 18.4 Å². The van der Waals surface area contributed by atoms with Crippen LogP contribution in [0.3, 0.4) is 0 Å². The van der Waals surface area contributed by atoms with E-state index >= 15 is 0 Å². The van der Waals surface area contributed by atoms with E-state index in [0.717, 1.165) is 25.6 Å². The average molecular weight is 403 g/mol. The number of hydrogen-bond acceptors (Lipinski definition) is 5. The van der Waals surface area contributed by atoms with Gasteiger partial charge in [0.15, 0.2) is 23.1 Å². The molecule has 0 spiro atoms. The van der Waals surface area contributed by atoms with Crippen molar-refractivity contribution < 1.29 is 28.1 Å². The predicted molar refractivity (Wildman–Crippen MR) is 101 cm³/mol. The summed E-state index contributed by atoms with van der Waals surface area (Å²) in [6.45, 7) is 2.14. The fraction of sp³-hybridized carbons (Fsp3) is 0.455. The third kappa shape index (κ3) is 3.65. The van der Waals surface area contributed by atoms with Crippen LogP contribution in [0, 0.1) is 23.5 Å². The molecule has 154 valence electrons. The SMILES string of the molecule is O[C@@H]1C[C@H]2CN(Cc3cccc(F)c3F)C[C@H]2C[C@H]1Oc1ccc2c(c1)OCO2. The summed E-state index contributed by atoms with van der Waals surface area (Å²) in [5.41, 5.74) is 0.373. The summed E-state index contributed by atoms with van der Waals surface area (Å²) in [5.74, 6) is 1.09. The third-order valence-corrected chi connectivity index (χ3v) is 6.22. The van der Waals surface area contributed by atoms with Crippen molar-refractivity contribution in [3.8, 4) is 17.2 Å². The molecular weight excluding hydrogens is 380 g/mol. The lowest BCUT2D eigenvalue weighted by atomic mass is 9.78. The van der Waals surface area contributed by atoms with Gasteiger partial charge in [-0.1, -0.05) is 12.1 Å². The van der Waals surface area contributed by atoms with Crippen LogP contribution in [0.2, 0.25) is 0 Å². The number of aliphatic hydroxyl groups is 1. The first-order valence-corrected chi connectivity index (χ1v) is 9.96. The molecule has 0 radical (unpaired) electrons. The molecule has 2 aliphatic heterocycles. The molecule has 2 fully saturated rings. The largest absolute Gasteiger partial charge is 0.488 e. The van der Waals surface area contributed by atoms with Gasteiger partial charge in [-0.25, -0.2) is 8.78 Å². The molecule has 5 rings (SSSR count). The summed E-state index contributed by atoms with van der Waals surface area (Å²) >= 11 is 0. The Hall–Kier alpha value is -2.38. The van der Waals surface area contributed by atoms with Crippen LogP contribution < -0.4 is 14.2 Å². The van der Waals surface area contributed by atoms with E-state index in [-0.39, 0.29) is 12.9 Å². The number of halogens is 2. The van der Waals surface area contributed by atoms with Crippen molar-refractivity contribution in [2.24, 2.45) is 11.8 Å². The monoisotopic (exact) mass is 403 g/mol. The standard InChI is InChI=1S/C22H23F2NO4/c23-17-3-1-2-13(22(17)24)9-25-10-14-6-18(26)20(7-15(14)11-25)29-16-4-5-19-21(8-16)28-12-27-19/h1-5,8,14-15,18,20,26H,6-7,9-12H2/t14-,15+,18+,20+/m0/s1. The maximum Gasteiger partial charge on any atom is 0.231 e. The van der Waals surface area contributed by atoms with E-state index < -0.39 is 17.7 Å². The Labute approximate surface area is 167 Å². The number of rotatable bonds is 4. The summed E-state index contributed by atoms with van der Waals surface area (Å²) in [6.07, 6.45) is 0.500. The highest BCUT2D eigenvalue weighted by Crippen LogP contribution is 2.40. The second-order valence-electron chi connectivity index (χ2n) is 8.14. The maximum absolute atomic E-state index is 14.0. The van der Waals surface area contributed by atoms with E-state index in [1.165, 1.54) is 6.07 Å². The molecule has 2 heterocycles. The molecule has 1 N–H and O–H groups in total. The van der Waals surface area contributed by atoms with E-state index in [9.17, 15) is 13.9 Å². The van der Waals surface area contributed by atoms with Crippen molar-refractivity contribution in [3.05, 3.63) is 53.6 Å². The number of ether oxygens (including phenoxy) is 3. The fourth-order valence-electron chi connectivity index (χ4n) is 4.78. The van der Waals surface area contributed by atoms with Crippen molar-refractivity contribution in [2.45, 2.75) is 31.6 Å². The second kappa shape index (κ2) is 7.46. The molecule has 2 aromatic carbocycles. The molecule has 2 aromatic rings. The average Bonchev–Trinajstić information content (AvgIpc) is 3.31. The Bertz CT molecular complexity index is 908. The molecule has 29 heavy (non-hydrogen) atoms. The van der Waals surface area contributed by atoms with Gasteiger partial charge in [0.25, 0.3) is 0 Å². The van der Waals surface area contributed by atoms with Gasteiger partial charge in [0.1, 0.15) is 11.9 Å². The first-order chi connectivity index (χ1) is 14.1. The van der Waals surface area contributed by atoms with Crippen LogP contribution in [-0.4, -0.2) is 42.1 Å². The van der Waals surface area contributed by atoms with Gasteiger partial charge in [0.05, 0.1) is 6.10 Å². The number of nitrogens with zero attached hydrogens (tertiary/aromatic N) is 1. The van der Waals surface area contributed by atoms with Gasteiger partial charge in [-0.05, 0) is 42.9 Å². The normalized spacial score (nSPS) is 28.4. The van der Waals surface area contributed by atoms with Gasteiger partial charge >= 0.3 is 0 Å². The number of aliphatic hydroxyl groups excluding tert-OH is 1. The van der Waals surface area contributed by atoms with Gasteiger partial charge in [-0.15, -0.1) is 0 Å². The predicted octanol–water partition coefficient (Wildman–Crippen LogP) is 3.34. The van der Waals surface area contributed by atoms with Crippen molar-refractivity contribution in [2.75, 3.05) is 19.9 Å². The lowest BCUT2D eigenvalue weighted by molar-refractivity contribution is -0.0232. The molecule has 4 atom stereocenters. The van der Waals surface area contributed by atoms with Crippen LogP contribution >= 0.6 is 0 Å². The minimum atomic E-state index is -0.813. The van der Waals surface area contributed by atoms with Crippen LogP contribution in [0.25, 0.3) is 0 Å².